The van der Waals surface area contributed by atoms with Crippen molar-refractivity contribution in [3.05, 3.63) is 0 Å². The van der Waals surface area contributed by atoms with Gasteiger partial charge in [0.15, 0.2) is 0 Å². The Morgan fingerprint density at radius 1 is 1.29 bits per heavy atom. The Morgan fingerprint density at radius 2 is 2.06 bits per heavy atom. The minimum absolute atomic E-state index is 0.168. The second-order valence-corrected chi connectivity index (χ2v) is 5.42. The second kappa shape index (κ2) is 6.39. The first-order valence-electron chi connectivity index (χ1n) is 7.18. The molecule has 2 saturated carbocycles. The van der Waals surface area contributed by atoms with Crippen molar-refractivity contribution in [3.63, 3.8) is 0 Å². The van der Waals surface area contributed by atoms with E-state index >= 15 is 0 Å². The van der Waals surface area contributed by atoms with Gasteiger partial charge in [0.2, 0.25) is 5.91 Å². The first-order valence-corrected chi connectivity index (χ1v) is 7.18. The van der Waals surface area contributed by atoms with Crippen LogP contribution in [-0.2, 0) is 9.53 Å². The van der Waals surface area contributed by atoms with Crippen molar-refractivity contribution in [1.82, 2.24) is 5.32 Å². The molecular formula is C14H25NO2. The standard InChI is InChI=1S/C14H25NO2/c1-2-17-9-8-14(16)15-13-10-12(13)11-6-4-3-5-7-11/h11-13H,2-10H2,1H3,(H,15,16)/t12-,13+/m1/s1. The minimum atomic E-state index is 0.168. The second-order valence-electron chi connectivity index (χ2n) is 5.42. The summed E-state index contributed by atoms with van der Waals surface area (Å²) >= 11 is 0. The maximum Gasteiger partial charge on any atom is 0.222 e. The van der Waals surface area contributed by atoms with Crippen LogP contribution in [0.3, 0.4) is 0 Å². The molecule has 3 nitrogen and oxygen atoms in total. The highest BCUT2D eigenvalue weighted by molar-refractivity contribution is 5.76. The monoisotopic (exact) mass is 239 g/mol. The molecule has 2 rings (SSSR count). The van der Waals surface area contributed by atoms with Gasteiger partial charge in [-0.15, -0.1) is 0 Å². The summed E-state index contributed by atoms with van der Waals surface area (Å²) in [7, 11) is 0. The number of amides is 1. The van der Waals surface area contributed by atoms with Crippen molar-refractivity contribution in [2.45, 2.75) is 57.9 Å². The molecule has 0 aromatic rings. The first-order chi connectivity index (χ1) is 8.31. The molecule has 0 aromatic carbocycles. The highest BCUT2D eigenvalue weighted by Gasteiger charge is 2.43. The molecule has 1 amide bonds. The number of hydrogen-bond donors (Lipinski definition) is 1. The van der Waals surface area contributed by atoms with Crippen LogP contribution in [0.2, 0.25) is 0 Å². The van der Waals surface area contributed by atoms with Gasteiger partial charge >= 0.3 is 0 Å². The summed E-state index contributed by atoms with van der Waals surface area (Å²) in [4.78, 5) is 11.6. The lowest BCUT2D eigenvalue weighted by Gasteiger charge is -2.21. The van der Waals surface area contributed by atoms with Crippen LogP contribution in [0.4, 0.5) is 0 Å². The molecule has 3 heteroatoms. The number of hydrogen-bond acceptors (Lipinski definition) is 2. The van der Waals surface area contributed by atoms with Gasteiger partial charge in [-0.05, 0) is 25.2 Å². The van der Waals surface area contributed by atoms with Crippen LogP contribution in [0.15, 0.2) is 0 Å². The zero-order valence-electron chi connectivity index (χ0n) is 10.9. The third kappa shape index (κ3) is 3.98. The predicted molar refractivity (Wildman–Crippen MR) is 67.7 cm³/mol. The van der Waals surface area contributed by atoms with E-state index in [0.29, 0.717) is 25.7 Å². The Labute approximate surface area is 104 Å². The summed E-state index contributed by atoms with van der Waals surface area (Å²) in [5, 5.41) is 3.14. The molecule has 2 aliphatic rings. The first kappa shape index (κ1) is 12.9. The van der Waals surface area contributed by atoms with E-state index in [1.807, 2.05) is 6.92 Å². The van der Waals surface area contributed by atoms with Crippen molar-refractivity contribution in [3.8, 4) is 0 Å². The number of nitrogens with one attached hydrogen (secondary N) is 1. The molecule has 2 fully saturated rings. The highest BCUT2D eigenvalue weighted by Crippen LogP contribution is 2.44. The van der Waals surface area contributed by atoms with Gasteiger partial charge in [-0.25, -0.2) is 0 Å². The zero-order chi connectivity index (χ0) is 12.1. The van der Waals surface area contributed by atoms with Crippen molar-refractivity contribution in [1.29, 1.82) is 0 Å². The molecule has 98 valence electrons. The van der Waals surface area contributed by atoms with E-state index in [0.717, 1.165) is 11.8 Å². The van der Waals surface area contributed by atoms with E-state index in [4.69, 9.17) is 4.74 Å². The van der Waals surface area contributed by atoms with E-state index in [-0.39, 0.29) is 5.91 Å². The van der Waals surface area contributed by atoms with Gasteiger partial charge in [0, 0.05) is 19.1 Å². The smallest absolute Gasteiger partial charge is 0.222 e. The van der Waals surface area contributed by atoms with Gasteiger partial charge < -0.3 is 10.1 Å². The highest BCUT2D eigenvalue weighted by atomic mass is 16.5. The fourth-order valence-corrected chi connectivity index (χ4v) is 3.05. The van der Waals surface area contributed by atoms with Crippen molar-refractivity contribution < 1.29 is 9.53 Å². The third-order valence-corrected chi connectivity index (χ3v) is 4.12. The van der Waals surface area contributed by atoms with E-state index in [1.54, 1.807) is 0 Å². The molecule has 0 heterocycles. The summed E-state index contributed by atoms with van der Waals surface area (Å²) in [6, 6.07) is 0.479. The normalized spacial score (nSPS) is 29.0. The fraction of sp³-hybridized carbons (Fsp3) is 0.929. The number of carbonyl (C=O) groups excluding carboxylic acids is 1. The summed E-state index contributed by atoms with van der Waals surface area (Å²) in [5.74, 6) is 1.84. The van der Waals surface area contributed by atoms with Crippen molar-refractivity contribution in [2.75, 3.05) is 13.2 Å². The molecule has 0 saturated heterocycles. The zero-order valence-corrected chi connectivity index (χ0v) is 10.9. The molecule has 1 N–H and O–H groups in total. The third-order valence-electron chi connectivity index (χ3n) is 4.12. The molecule has 0 aliphatic heterocycles. The Kier molecular flexibility index (Phi) is 4.84. The van der Waals surface area contributed by atoms with Gasteiger partial charge in [-0.2, -0.15) is 0 Å². The Bertz CT molecular complexity index is 249. The number of ether oxygens (including phenoxy) is 1. The van der Waals surface area contributed by atoms with E-state index < -0.39 is 0 Å². The van der Waals surface area contributed by atoms with Gasteiger partial charge in [0.25, 0.3) is 0 Å². The molecule has 2 atom stereocenters. The molecular weight excluding hydrogens is 214 g/mol. The van der Waals surface area contributed by atoms with Crippen LogP contribution in [0.25, 0.3) is 0 Å². The van der Waals surface area contributed by atoms with E-state index in [9.17, 15) is 4.79 Å². The number of carbonyl (C=O) groups is 1. The number of rotatable bonds is 6. The molecule has 2 aliphatic carbocycles. The molecule has 0 radical (unpaired) electrons. The molecule has 0 bridgehead atoms. The Hall–Kier alpha value is -0.570. The van der Waals surface area contributed by atoms with E-state index in [1.165, 1.54) is 38.5 Å². The molecule has 0 unspecified atom stereocenters. The van der Waals surface area contributed by atoms with Crippen LogP contribution >= 0.6 is 0 Å². The maximum atomic E-state index is 11.6. The maximum absolute atomic E-state index is 11.6. The van der Waals surface area contributed by atoms with Gasteiger partial charge in [0.05, 0.1) is 6.61 Å². The lowest BCUT2D eigenvalue weighted by Crippen LogP contribution is -2.29. The van der Waals surface area contributed by atoms with Crippen molar-refractivity contribution >= 4 is 5.91 Å². The van der Waals surface area contributed by atoms with Gasteiger partial charge in [-0.3, -0.25) is 4.79 Å². The van der Waals surface area contributed by atoms with Crippen LogP contribution in [0.5, 0.6) is 0 Å². The summed E-state index contributed by atoms with van der Waals surface area (Å²) in [6.45, 7) is 3.21. The molecule has 17 heavy (non-hydrogen) atoms. The van der Waals surface area contributed by atoms with Crippen LogP contribution in [0, 0.1) is 11.8 Å². The Morgan fingerprint density at radius 3 is 2.76 bits per heavy atom. The minimum Gasteiger partial charge on any atom is -0.381 e. The lowest BCUT2D eigenvalue weighted by molar-refractivity contribution is -0.122. The van der Waals surface area contributed by atoms with Gasteiger partial charge in [-0.1, -0.05) is 32.1 Å². The van der Waals surface area contributed by atoms with Crippen LogP contribution < -0.4 is 5.32 Å². The van der Waals surface area contributed by atoms with Crippen LogP contribution in [0.1, 0.15) is 51.9 Å². The average Bonchev–Trinajstić information content (AvgIpc) is 3.10. The van der Waals surface area contributed by atoms with Crippen LogP contribution in [-0.4, -0.2) is 25.2 Å². The average molecular weight is 239 g/mol. The topological polar surface area (TPSA) is 38.3 Å². The van der Waals surface area contributed by atoms with Crippen molar-refractivity contribution in [2.24, 2.45) is 11.8 Å². The summed E-state index contributed by atoms with van der Waals surface area (Å²) in [6.07, 6.45) is 8.70. The largest absolute Gasteiger partial charge is 0.381 e. The quantitative estimate of drug-likeness (QED) is 0.723. The predicted octanol–water partition coefficient (Wildman–Crippen LogP) is 2.50. The SMILES string of the molecule is CCOCCC(=O)N[C@H]1C[C@@H]1C1CCCCC1. The summed E-state index contributed by atoms with van der Waals surface area (Å²) < 4.78 is 5.19. The molecule has 0 aromatic heterocycles. The Balaban J connectivity index is 1.60. The lowest BCUT2D eigenvalue weighted by atomic mass is 9.85. The summed E-state index contributed by atoms with van der Waals surface area (Å²) in [5.41, 5.74) is 0. The molecule has 0 spiro atoms. The van der Waals surface area contributed by atoms with E-state index in [2.05, 4.69) is 5.32 Å². The van der Waals surface area contributed by atoms with Gasteiger partial charge in [0.1, 0.15) is 0 Å². The fourth-order valence-electron chi connectivity index (χ4n) is 3.05.